The highest BCUT2D eigenvalue weighted by Crippen LogP contribution is 2.53. The molecular formula is C14H24NPS. The molecular weight excluding hydrogens is 245 g/mol. The largest absolute Gasteiger partial charge is 0.285 e. The van der Waals surface area contributed by atoms with Gasteiger partial charge in [-0.15, -0.1) is 0 Å². The van der Waals surface area contributed by atoms with Crippen LogP contribution in [0, 0.1) is 5.92 Å². The van der Waals surface area contributed by atoms with Crippen molar-refractivity contribution in [2.45, 2.75) is 39.8 Å². The van der Waals surface area contributed by atoms with Crippen LogP contribution in [0.3, 0.4) is 0 Å². The van der Waals surface area contributed by atoms with Crippen LogP contribution in [-0.2, 0) is 11.8 Å². The zero-order chi connectivity index (χ0) is 13.1. The van der Waals surface area contributed by atoms with Crippen molar-refractivity contribution in [1.82, 2.24) is 5.09 Å². The van der Waals surface area contributed by atoms with Crippen molar-refractivity contribution in [1.29, 1.82) is 0 Å². The summed E-state index contributed by atoms with van der Waals surface area (Å²) in [6.07, 6.45) is -1.73. The molecule has 1 aromatic rings. The third-order valence-electron chi connectivity index (χ3n) is 2.79. The van der Waals surface area contributed by atoms with Crippen molar-refractivity contribution in [2.24, 2.45) is 5.92 Å². The average Bonchev–Trinajstić information content (AvgIpc) is 2.25. The lowest BCUT2D eigenvalue weighted by Crippen LogP contribution is -2.34. The maximum atomic E-state index is 6.02. The number of nitrogens with one attached hydrogen (secondary N) is 1. The van der Waals surface area contributed by atoms with Gasteiger partial charge < -0.3 is 0 Å². The molecule has 0 aromatic heterocycles. The minimum Gasteiger partial charge on any atom is -0.285 e. The van der Waals surface area contributed by atoms with Crippen LogP contribution < -0.4 is 10.4 Å². The Labute approximate surface area is 111 Å². The first-order valence-electron chi connectivity index (χ1n) is 6.18. The van der Waals surface area contributed by atoms with E-state index in [0.29, 0.717) is 5.92 Å². The van der Waals surface area contributed by atoms with Crippen LogP contribution in [-0.4, -0.2) is 11.7 Å². The van der Waals surface area contributed by atoms with Gasteiger partial charge in [-0.05, 0) is 11.2 Å². The van der Waals surface area contributed by atoms with Crippen molar-refractivity contribution in [3.05, 3.63) is 30.3 Å². The van der Waals surface area contributed by atoms with Gasteiger partial charge in [-0.1, -0.05) is 76.8 Å². The van der Waals surface area contributed by atoms with Crippen LogP contribution in [0.1, 0.15) is 34.6 Å². The van der Waals surface area contributed by atoms with Crippen molar-refractivity contribution in [2.75, 3.05) is 6.54 Å². The highest BCUT2D eigenvalue weighted by Gasteiger charge is 2.32. The molecule has 0 saturated carbocycles. The summed E-state index contributed by atoms with van der Waals surface area (Å²) in [5.74, 6) is 0.628. The van der Waals surface area contributed by atoms with E-state index in [1.54, 1.807) is 0 Å². The molecule has 0 unspecified atom stereocenters. The Kier molecular flexibility index (Phi) is 4.95. The third kappa shape index (κ3) is 3.64. The molecule has 1 nitrogen and oxygen atoms in total. The number of benzene rings is 1. The molecule has 0 spiro atoms. The van der Waals surface area contributed by atoms with E-state index in [1.165, 1.54) is 5.30 Å². The molecule has 1 aromatic carbocycles. The van der Waals surface area contributed by atoms with Crippen LogP contribution in [0.15, 0.2) is 30.3 Å². The van der Waals surface area contributed by atoms with Gasteiger partial charge in [-0.3, -0.25) is 5.09 Å². The molecule has 0 radical (unpaired) electrons. The number of rotatable bonds is 4. The van der Waals surface area contributed by atoms with E-state index in [9.17, 15) is 0 Å². The molecule has 0 saturated heterocycles. The smallest absolute Gasteiger partial charge is 0.0455 e. The summed E-state index contributed by atoms with van der Waals surface area (Å²) in [6, 6.07) is 10.5. The third-order valence-corrected chi connectivity index (χ3v) is 8.99. The summed E-state index contributed by atoms with van der Waals surface area (Å²) < 4.78 is 0. The highest BCUT2D eigenvalue weighted by molar-refractivity contribution is 8.18. The summed E-state index contributed by atoms with van der Waals surface area (Å²) in [5, 5.41) is 5.08. The summed E-state index contributed by atoms with van der Waals surface area (Å²) in [6.45, 7) is 12.2. The highest BCUT2D eigenvalue weighted by atomic mass is 32.4. The molecule has 1 N–H and O–H groups in total. The first-order chi connectivity index (χ1) is 7.77. The first kappa shape index (κ1) is 14.9. The van der Waals surface area contributed by atoms with Gasteiger partial charge in [0.1, 0.15) is 0 Å². The van der Waals surface area contributed by atoms with Gasteiger partial charge in [0.15, 0.2) is 0 Å². The van der Waals surface area contributed by atoms with Gasteiger partial charge in [-0.25, -0.2) is 0 Å². The van der Waals surface area contributed by atoms with Crippen molar-refractivity contribution >= 4 is 23.3 Å². The Balaban J connectivity index is 3.08. The van der Waals surface area contributed by atoms with Crippen LogP contribution in [0.25, 0.3) is 0 Å². The topological polar surface area (TPSA) is 12.0 Å². The Morgan fingerprint density at radius 1 is 1.18 bits per heavy atom. The standard InChI is InChI=1S/C14H24NPS/c1-12(2)11-15-16(17,14(3,4)5)13-9-7-6-8-10-13/h6-10,12H,11H2,1-5H3,(H,15,17)/t16-/m1/s1. The lowest BCUT2D eigenvalue weighted by Gasteiger charge is -2.37. The Morgan fingerprint density at radius 3 is 2.12 bits per heavy atom. The number of hydrogen-bond acceptors (Lipinski definition) is 1. The van der Waals surface area contributed by atoms with Gasteiger partial charge in [0.2, 0.25) is 0 Å². The Hall–Kier alpha value is -0.170. The lowest BCUT2D eigenvalue weighted by atomic mass is 10.2. The van der Waals surface area contributed by atoms with E-state index >= 15 is 0 Å². The molecule has 0 heterocycles. The summed E-state index contributed by atoms with van der Waals surface area (Å²) in [4.78, 5) is 0. The zero-order valence-corrected chi connectivity index (χ0v) is 13.2. The maximum absolute atomic E-state index is 6.02. The predicted octanol–water partition coefficient (Wildman–Crippen LogP) is 3.75. The molecule has 0 bridgehead atoms. The molecule has 0 amide bonds. The fourth-order valence-electron chi connectivity index (χ4n) is 1.66. The fourth-order valence-corrected chi connectivity index (χ4v) is 4.90. The normalized spacial score (nSPS) is 15.9. The second kappa shape index (κ2) is 5.65. The minimum atomic E-state index is -1.73. The SMILES string of the molecule is CC(C)CN[P@@](=S)(c1ccccc1)C(C)(C)C. The fraction of sp³-hybridized carbons (Fsp3) is 0.571. The van der Waals surface area contributed by atoms with Gasteiger partial charge >= 0.3 is 0 Å². The van der Waals surface area contributed by atoms with E-state index in [-0.39, 0.29) is 5.16 Å². The Morgan fingerprint density at radius 2 is 1.71 bits per heavy atom. The van der Waals surface area contributed by atoms with E-state index in [4.69, 9.17) is 11.8 Å². The van der Waals surface area contributed by atoms with Crippen LogP contribution >= 0.6 is 6.19 Å². The molecule has 1 atom stereocenters. The van der Waals surface area contributed by atoms with Crippen LogP contribution in [0.2, 0.25) is 0 Å². The van der Waals surface area contributed by atoms with Crippen LogP contribution in [0.4, 0.5) is 0 Å². The number of hydrogen-bond donors (Lipinski definition) is 1. The molecule has 0 aliphatic heterocycles. The lowest BCUT2D eigenvalue weighted by molar-refractivity contribution is 0.628. The second-order valence-electron chi connectivity index (χ2n) is 5.87. The molecule has 3 heteroatoms. The van der Waals surface area contributed by atoms with Gasteiger partial charge in [-0.2, -0.15) is 0 Å². The minimum absolute atomic E-state index is 0.110. The monoisotopic (exact) mass is 269 g/mol. The summed E-state index contributed by atoms with van der Waals surface area (Å²) in [7, 11) is 0. The first-order valence-corrected chi connectivity index (χ1v) is 8.98. The quantitative estimate of drug-likeness (QED) is 0.835. The molecule has 0 aliphatic rings. The average molecular weight is 269 g/mol. The van der Waals surface area contributed by atoms with Crippen molar-refractivity contribution in [3.63, 3.8) is 0 Å². The molecule has 0 fully saturated rings. The zero-order valence-electron chi connectivity index (χ0n) is 11.5. The van der Waals surface area contributed by atoms with Gasteiger partial charge in [0, 0.05) is 17.9 Å². The summed E-state index contributed by atoms with van der Waals surface area (Å²) >= 11 is 6.02. The van der Waals surface area contributed by atoms with E-state index in [1.807, 2.05) is 6.07 Å². The van der Waals surface area contributed by atoms with Crippen molar-refractivity contribution < 1.29 is 0 Å². The van der Waals surface area contributed by atoms with E-state index < -0.39 is 6.19 Å². The van der Waals surface area contributed by atoms with E-state index in [2.05, 4.69) is 64.0 Å². The molecule has 17 heavy (non-hydrogen) atoms. The molecule has 0 aliphatic carbocycles. The van der Waals surface area contributed by atoms with Crippen molar-refractivity contribution in [3.8, 4) is 0 Å². The molecule has 1 rings (SSSR count). The van der Waals surface area contributed by atoms with E-state index in [0.717, 1.165) is 6.54 Å². The second-order valence-corrected chi connectivity index (χ2v) is 10.9. The van der Waals surface area contributed by atoms with Crippen LogP contribution in [0.5, 0.6) is 0 Å². The predicted molar refractivity (Wildman–Crippen MR) is 83.0 cm³/mol. The molecule has 96 valence electrons. The maximum Gasteiger partial charge on any atom is 0.0455 e. The van der Waals surface area contributed by atoms with Gasteiger partial charge in [0.05, 0.1) is 0 Å². The Bertz CT molecular complexity index is 392. The summed E-state index contributed by atoms with van der Waals surface area (Å²) in [5.41, 5.74) is 0. The van der Waals surface area contributed by atoms with Gasteiger partial charge in [0.25, 0.3) is 0 Å².